The molecule has 4 atom stereocenters. The van der Waals surface area contributed by atoms with E-state index in [1.807, 2.05) is 5.32 Å². The second kappa shape index (κ2) is 10.7. The van der Waals surface area contributed by atoms with Crippen LogP contribution < -0.4 is 21.3 Å². The lowest BCUT2D eigenvalue weighted by molar-refractivity contribution is -0.147. The Morgan fingerprint density at radius 2 is 1.70 bits per heavy atom. The maximum absolute atomic E-state index is 12.2. The van der Waals surface area contributed by atoms with Gasteiger partial charge in [0.2, 0.25) is 17.7 Å². The quantitative estimate of drug-likeness (QED) is 0.199. The predicted octanol–water partition coefficient (Wildman–Crippen LogP) is -2.30. The first kappa shape index (κ1) is 22.7. The van der Waals surface area contributed by atoms with Gasteiger partial charge in [-0.15, -0.1) is 0 Å². The second-order valence-corrected chi connectivity index (χ2v) is 6.49. The van der Waals surface area contributed by atoms with Crippen molar-refractivity contribution in [2.75, 3.05) is 12.3 Å². The SMILES string of the molecule is CC(NC(=O)C1CCCN1)C(=O)NC(CS)C(=O)NC(CC(=O)O)C(=O)O. The van der Waals surface area contributed by atoms with Crippen LogP contribution in [0.15, 0.2) is 0 Å². The van der Waals surface area contributed by atoms with Gasteiger partial charge in [-0.25, -0.2) is 4.79 Å². The molecule has 1 aliphatic heterocycles. The molecule has 12 heteroatoms. The van der Waals surface area contributed by atoms with Gasteiger partial charge in [0.25, 0.3) is 0 Å². The van der Waals surface area contributed by atoms with Gasteiger partial charge in [-0.2, -0.15) is 12.6 Å². The topological polar surface area (TPSA) is 174 Å². The fourth-order valence-electron chi connectivity index (χ4n) is 2.43. The Morgan fingerprint density at radius 3 is 2.19 bits per heavy atom. The number of rotatable bonds is 10. The Labute approximate surface area is 161 Å². The van der Waals surface area contributed by atoms with Crippen LogP contribution in [0.1, 0.15) is 26.2 Å². The molecule has 0 aliphatic carbocycles. The molecule has 152 valence electrons. The molecule has 0 aromatic carbocycles. The molecule has 27 heavy (non-hydrogen) atoms. The first-order valence-electron chi connectivity index (χ1n) is 8.35. The molecule has 1 heterocycles. The number of aliphatic carboxylic acids is 2. The molecule has 4 unspecified atom stereocenters. The van der Waals surface area contributed by atoms with Gasteiger partial charge in [0.15, 0.2) is 0 Å². The molecule has 1 fully saturated rings. The summed E-state index contributed by atoms with van der Waals surface area (Å²) in [5.74, 6) is -4.93. The summed E-state index contributed by atoms with van der Waals surface area (Å²) in [6, 6.07) is -4.12. The molecule has 0 spiro atoms. The van der Waals surface area contributed by atoms with E-state index in [-0.39, 0.29) is 17.7 Å². The maximum atomic E-state index is 12.2. The minimum absolute atomic E-state index is 0.151. The number of hydrogen-bond acceptors (Lipinski definition) is 7. The fourth-order valence-corrected chi connectivity index (χ4v) is 2.68. The summed E-state index contributed by atoms with van der Waals surface area (Å²) in [5, 5.41) is 27.6. The molecule has 0 saturated carbocycles. The molecule has 0 aromatic rings. The van der Waals surface area contributed by atoms with Crippen molar-refractivity contribution in [2.24, 2.45) is 0 Å². The monoisotopic (exact) mass is 404 g/mol. The number of carboxylic acids is 2. The lowest BCUT2D eigenvalue weighted by Gasteiger charge is -2.22. The first-order chi connectivity index (χ1) is 12.6. The van der Waals surface area contributed by atoms with E-state index in [0.717, 1.165) is 13.0 Å². The van der Waals surface area contributed by atoms with E-state index >= 15 is 0 Å². The average molecular weight is 404 g/mol. The third-order valence-corrected chi connectivity index (χ3v) is 4.30. The summed E-state index contributed by atoms with van der Waals surface area (Å²) < 4.78 is 0. The smallest absolute Gasteiger partial charge is 0.326 e. The zero-order valence-electron chi connectivity index (χ0n) is 14.7. The Morgan fingerprint density at radius 1 is 1.07 bits per heavy atom. The molecule has 1 rings (SSSR count). The van der Waals surface area contributed by atoms with Crippen molar-refractivity contribution in [1.82, 2.24) is 21.3 Å². The molecule has 1 aliphatic rings. The van der Waals surface area contributed by atoms with Crippen molar-refractivity contribution >= 4 is 42.3 Å². The Bertz CT molecular complexity index is 595. The predicted molar refractivity (Wildman–Crippen MR) is 96.2 cm³/mol. The lowest BCUT2D eigenvalue weighted by atomic mass is 10.1. The van der Waals surface area contributed by atoms with Crippen LogP contribution in [0.25, 0.3) is 0 Å². The summed E-state index contributed by atoms with van der Waals surface area (Å²) >= 11 is 3.95. The highest BCUT2D eigenvalue weighted by atomic mass is 32.1. The van der Waals surface area contributed by atoms with Gasteiger partial charge in [-0.3, -0.25) is 19.2 Å². The van der Waals surface area contributed by atoms with Crippen LogP contribution in [-0.4, -0.2) is 76.3 Å². The highest BCUT2D eigenvalue weighted by Crippen LogP contribution is 2.05. The normalized spacial score (nSPS) is 19.4. The zero-order valence-corrected chi connectivity index (χ0v) is 15.6. The zero-order chi connectivity index (χ0) is 20.6. The summed E-state index contributed by atoms with van der Waals surface area (Å²) in [4.78, 5) is 58.0. The van der Waals surface area contributed by atoms with Crippen LogP contribution >= 0.6 is 12.6 Å². The van der Waals surface area contributed by atoms with Crippen LogP contribution in [0.2, 0.25) is 0 Å². The minimum Gasteiger partial charge on any atom is -0.481 e. The number of thiol groups is 1. The van der Waals surface area contributed by atoms with Crippen molar-refractivity contribution in [1.29, 1.82) is 0 Å². The van der Waals surface area contributed by atoms with Gasteiger partial charge < -0.3 is 31.5 Å². The highest BCUT2D eigenvalue weighted by molar-refractivity contribution is 7.80. The molecule has 0 aromatic heterocycles. The largest absolute Gasteiger partial charge is 0.481 e. The molecule has 1 saturated heterocycles. The van der Waals surface area contributed by atoms with Crippen molar-refractivity contribution in [2.45, 2.75) is 50.4 Å². The van der Waals surface area contributed by atoms with E-state index < -0.39 is 48.3 Å². The van der Waals surface area contributed by atoms with Gasteiger partial charge in [0.05, 0.1) is 12.5 Å². The molecule has 0 bridgehead atoms. The maximum Gasteiger partial charge on any atom is 0.326 e. The number of amides is 3. The molecule has 0 radical (unpaired) electrons. The number of hydrogen-bond donors (Lipinski definition) is 7. The van der Waals surface area contributed by atoms with Crippen molar-refractivity contribution in [3.05, 3.63) is 0 Å². The van der Waals surface area contributed by atoms with Crippen molar-refractivity contribution in [3.63, 3.8) is 0 Å². The number of nitrogens with one attached hydrogen (secondary N) is 4. The summed E-state index contributed by atoms with van der Waals surface area (Å²) in [6.07, 6.45) is 0.721. The highest BCUT2D eigenvalue weighted by Gasteiger charge is 2.30. The fraction of sp³-hybridized carbons (Fsp3) is 0.667. The third kappa shape index (κ3) is 7.43. The van der Waals surface area contributed by atoms with Crippen LogP contribution in [0.3, 0.4) is 0 Å². The van der Waals surface area contributed by atoms with Crippen LogP contribution in [0.5, 0.6) is 0 Å². The van der Waals surface area contributed by atoms with Crippen molar-refractivity contribution < 1.29 is 34.2 Å². The van der Waals surface area contributed by atoms with Crippen molar-refractivity contribution in [3.8, 4) is 0 Å². The summed E-state index contributed by atoms with van der Waals surface area (Å²) in [7, 11) is 0. The van der Waals surface area contributed by atoms with E-state index in [9.17, 15) is 24.0 Å². The molecular formula is C15H24N4O7S. The molecule has 3 amide bonds. The third-order valence-electron chi connectivity index (χ3n) is 3.94. The van der Waals surface area contributed by atoms with E-state index in [0.29, 0.717) is 6.42 Å². The van der Waals surface area contributed by atoms with Gasteiger partial charge >= 0.3 is 11.9 Å². The van der Waals surface area contributed by atoms with Gasteiger partial charge in [-0.1, -0.05) is 0 Å². The van der Waals surface area contributed by atoms with Gasteiger partial charge in [0, 0.05) is 5.75 Å². The number of carboxylic acid groups (broad SMARTS) is 2. The Balaban J connectivity index is 2.59. The Hall–Kier alpha value is -2.34. The molecule has 11 nitrogen and oxygen atoms in total. The second-order valence-electron chi connectivity index (χ2n) is 6.12. The van der Waals surface area contributed by atoms with E-state index in [1.54, 1.807) is 0 Å². The molecular weight excluding hydrogens is 380 g/mol. The van der Waals surface area contributed by atoms with E-state index in [2.05, 4.69) is 28.6 Å². The summed E-state index contributed by atoms with van der Waals surface area (Å²) in [6.45, 7) is 2.17. The number of carbonyl (C=O) groups is 5. The van der Waals surface area contributed by atoms with Crippen LogP contribution in [0.4, 0.5) is 0 Å². The summed E-state index contributed by atoms with van der Waals surface area (Å²) in [5.41, 5.74) is 0. The lowest BCUT2D eigenvalue weighted by Crippen LogP contribution is -2.57. The first-order valence-corrected chi connectivity index (χ1v) is 8.99. The standard InChI is InChI=1S/C15H24N4O7S/c1-7(17-13(23)8-3-2-4-16-8)12(22)19-10(6-27)14(24)18-9(15(25)26)5-11(20)21/h7-10,16,27H,2-6H2,1H3,(H,17,23)(H,18,24)(H,19,22)(H,20,21)(H,25,26). The van der Waals surface area contributed by atoms with Gasteiger partial charge in [0.1, 0.15) is 18.1 Å². The van der Waals surface area contributed by atoms with Gasteiger partial charge in [-0.05, 0) is 26.3 Å². The average Bonchev–Trinajstić information content (AvgIpc) is 3.12. The molecule has 6 N–H and O–H groups in total. The van der Waals surface area contributed by atoms with Crippen LogP contribution in [0, 0.1) is 0 Å². The Kier molecular flexibility index (Phi) is 9.02. The number of carbonyl (C=O) groups excluding carboxylic acids is 3. The van der Waals surface area contributed by atoms with E-state index in [4.69, 9.17) is 10.2 Å². The minimum atomic E-state index is -1.64. The van der Waals surface area contributed by atoms with Crippen LogP contribution in [-0.2, 0) is 24.0 Å². The van der Waals surface area contributed by atoms with E-state index in [1.165, 1.54) is 6.92 Å².